The third-order valence-corrected chi connectivity index (χ3v) is 2.06. The lowest BCUT2D eigenvalue weighted by molar-refractivity contribution is 0.409. The van der Waals surface area contributed by atoms with E-state index < -0.39 is 0 Å². The van der Waals surface area contributed by atoms with Gasteiger partial charge in [0.2, 0.25) is 0 Å². The van der Waals surface area contributed by atoms with Crippen molar-refractivity contribution in [3.05, 3.63) is 22.1 Å². The zero-order chi connectivity index (χ0) is 6.27. The molecule has 0 aliphatic carbocycles. The highest BCUT2D eigenvalue weighted by atomic mass is 32.1. The van der Waals surface area contributed by atoms with Crippen LogP contribution in [0.3, 0.4) is 0 Å². The van der Waals surface area contributed by atoms with E-state index in [0.29, 0.717) is 6.61 Å². The predicted octanol–water partition coefficient (Wildman–Crippen LogP) is 1.96. The lowest BCUT2D eigenvalue weighted by Gasteiger charge is -1.84. The second-order valence-electron chi connectivity index (χ2n) is 2.00. The van der Waals surface area contributed by atoms with E-state index in [1.54, 1.807) is 5.38 Å². The minimum absolute atomic E-state index is 0.0660. The first-order valence-electron chi connectivity index (χ1n) is 2.71. The van der Waals surface area contributed by atoms with Crippen molar-refractivity contribution < 1.29 is 9.13 Å². The molecule has 1 fully saturated rings. The first-order chi connectivity index (χ1) is 4.38. The number of epoxide rings is 1. The van der Waals surface area contributed by atoms with Gasteiger partial charge in [-0.2, -0.15) is 0 Å². The third-order valence-electron chi connectivity index (χ3n) is 1.32. The van der Waals surface area contributed by atoms with Crippen LogP contribution in [-0.4, -0.2) is 6.61 Å². The SMILES string of the molecule is Fc1cscc1C1CO1. The van der Waals surface area contributed by atoms with Crippen LogP contribution in [0.4, 0.5) is 4.39 Å². The summed E-state index contributed by atoms with van der Waals surface area (Å²) >= 11 is 1.38. The van der Waals surface area contributed by atoms with Crippen molar-refractivity contribution in [2.24, 2.45) is 0 Å². The predicted molar refractivity (Wildman–Crippen MR) is 33.0 cm³/mol. The van der Waals surface area contributed by atoms with E-state index in [9.17, 15) is 4.39 Å². The van der Waals surface area contributed by atoms with Gasteiger partial charge in [-0.15, -0.1) is 11.3 Å². The number of thiophene rings is 1. The van der Waals surface area contributed by atoms with Gasteiger partial charge in [-0.3, -0.25) is 0 Å². The molecule has 1 aliphatic rings. The van der Waals surface area contributed by atoms with Crippen molar-refractivity contribution >= 4 is 11.3 Å². The summed E-state index contributed by atoms with van der Waals surface area (Å²) < 4.78 is 17.5. The molecule has 1 nitrogen and oxygen atoms in total. The van der Waals surface area contributed by atoms with Crippen molar-refractivity contribution in [3.63, 3.8) is 0 Å². The van der Waals surface area contributed by atoms with Crippen molar-refractivity contribution in [3.8, 4) is 0 Å². The molecule has 1 saturated heterocycles. The standard InChI is InChI=1S/C6H5FOS/c7-5-3-9-2-4(5)6-1-8-6/h2-3,6H,1H2. The molecule has 0 bridgehead atoms. The Bertz CT molecular complexity index is 217. The molecule has 1 atom stereocenters. The maximum Gasteiger partial charge on any atom is 0.139 e. The van der Waals surface area contributed by atoms with Gasteiger partial charge in [-0.05, 0) is 5.38 Å². The maximum absolute atomic E-state index is 12.6. The molecule has 0 amide bonds. The van der Waals surface area contributed by atoms with Crippen LogP contribution in [0.1, 0.15) is 11.7 Å². The Kier molecular flexibility index (Phi) is 1.07. The lowest BCUT2D eigenvalue weighted by Crippen LogP contribution is -1.77. The number of ether oxygens (including phenoxy) is 1. The summed E-state index contributed by atoms with van der Waals surface area (Å²) in [6, 6.07) is 0. The van der Waals surface area contributed by atoms with Gasteiger partial charge in [-0.1, -0.05) is 0 Å². The highest BCUT2D eigenvalue weighted by Gasteiger charge is 2.27. The monoisotopic (exact) mass is 144 g/mol. The quantitative estimate of drug-likeness (QED) is 0.549. The summed E-state index contributed by atoms with van der Waals surface area (Å²) in [5.41, 5.74) is 0.722. The molecule has 1 unspecified atom stereocenters. The summed E-state index contributed by atoms with van der Waals surface area (Å²) in [6.45, 7) is 0.688. The number of rotatable bonds is 1. The fraction of sp³-hybridized carbons (Fsp3) is 0.333. The minimum atomic E-state index is -0.123. The maximum atomic E-state index is 12.6. The van der Waals surface area contributed by atoms with Crippen LogP contribution in [0, 0.1) is 5.82 Å². The van der Waals surface area contributed by atoms with Crippen LogP contribution >= 0.6 is 11.3 Å². The molecule has 1 aromatic rings. The van der Waals surface area contributed by atoms with Gasteiger partial charge in [0.1, 0.15) is 11.9 Å². The van der Waals surface area contributed by atoms with E-state index in [1.165, 1.54) is 16.7 Å². The van der Waals surface area contributed by atoms with Crippen LogP contribution in [0.5, 0.6) is 0 Å². The van der Waals surface area contributed by atoms with Gasteiger partial charge >= 0.3 is 0 Å². The molecule has 1 aliphatic heterocycles. The molecule has 48 valence electrons. The second kappa shape index (κ2) is 1.78. The zero-order valence-corrected chi connectivity index (χ0v) is 5.45. The van der Waals surface area contributed by atoms with Gasteiger partial charge in [0.25, 0.3) is 0 Å². The summed E-state index contributed by atoms with van der Waals surface area (Å²) in [4.78, 5) is 0. The van der Waals surface area contributed by atoms with Crippen LogP contribution in [0.15, 0.2) is 10.8 Å². The highest BCUT2D eigenvalue weighted by molar-refractivity contribution is 7.08. The van der Waals surface area contributed by atoms with Crippen LogP contribution in [0.25, 0.3) is 0 Å². The molecule has 0 saturated carbocycles. The van der Waals surface area contributed by atoms with E-state index in [4.69, 9.17) is 4.74 Å². The van der Waals surface area contributed by atoms with Crippen molar-refractivity contribution in [1.82, 2.24) is 0 Å². The molecule has 0 spiro atoms. The molecule has 0 radical (unpaired) electrons. The number of hydrogen-bond acceptors (Lipinski definition) is 2. The van der Waals surface area contributed by atoms with E-state index >= 15 is 0 Å². The summed E-state index contributed by atoms with van der Waals surface area (Å²) in [5.74, 6) is -0.123. The first-order valence-corrected chi connectivity index (χ1v) is 3.65. The van der Waals surface area contributed by atoms with Gasteiger partial charge in [-0.25, -0.2) is 4.39 Å². The van der Waals surface area contributed by atoms with Crippen LogP contribution in [0.2, 0.25) is 0 Å². The number of halogens is 1. The largest absolute Gasteiger partial charge is 0.368 e. The van der Waals surface area contributed by atoms with Gasteiger partial charge in [0.15, 0.2) is 0 Å². The Morgan fingerprint density at radius 1 is 1.67 bits per heavy atom. The van der Waals surface area contributed by atoms with E-state index in [2.05, 4.69) is 0 Å². The molecule has 9 heavy (non-hydrogen) atoms. The lowest BCUT2D eigenvalue weighted by atomic mass is 10.2. The van der Waals surface area contributed by atoms with Crippen LogP contribution < -0.4 is 0 Å². The molecule has 1 aromatic heterocycles. The fourth-order valence-corrected chi connectivity index (χ4v) is 1.48. The van der Waals surface area contributed by atoms with E-state index in [-0.39, 0.29) is 11.9 Å². The summed E-state index contributed by atoms with van der Waals surface area (Å²) in [6.07, 6.45) is 0.0660. The molecule has 0 N–H and O–H groups in total. The Morgan fingerprint density at radius 2 is 2.44 bits per heavy atom. The fourth-order valence-electron chi connectivity index (χ4n) is 0.749. The molecule has 2 heterocycles. The average molecular weight is 144 g/mol. The average Bonchev–Trinajstić information content (AvgIpc) is 2.58. The van der Waals surface area contributed by atoms with Crippen molar-refractivity contribution in [1.29, 1.82) is 0 Å². The Hall–Kier alpha value is -0.410. The van der Waals surface area contributed by atoms with Crippen molar-refractivity contribution in [2.45, 2.75) is 6.10 Å². The molecule has 2 rings (SSSR count). The highest BCUT2D eigenvalue weighted by Crippen LogP contribution is 2.33. The topological polar surface area (TPSA) is 12.5 Å². The molecule has 0 aromatic carbocycles. The Labute approximate surface area is 56.1 Å². The van der Waals surface area contributed by atoms with Crippen LogP contribution in [-0.2, 0) is 4.74 Å². The van der Waals surface area contributed by atoms with Gasteiger partial charge in [0.05, 0.1) is 6.61 Å². The minimum Gasteiger partial charge on any atom is -0.368 e. The summed E-state index contributed by atoms with van der Waals surface area (Å²) in [7, 11) is 0. The first kappa shape index (κ1) is 5.38. The zero-order valence-electron chi connectivity index (χ0n) is 4.63. The molecular formula is C6H5FOS. The second-order valence-corrected chi connectivity index (χ2v) is 2.74. The Balaban J connectivity index is 2.35. The summed E-state index contributed by atoms with van der Waals surface area (Å²) in [5, 5.41) is 3.30. The Morgan fingerprint density at radius 3 is 2.89 bits per heavy atom. The molecule has 3 heteroatoms. The normalized spacial score (nSPS) is 24.3. The number of hydrogen-bond donors (Lipinski definition) is 0. The van der Waals surface area contributed by atoms with E-state index in [0.717, 1.165) is 5.56 Å². The smallest absolute Gasteiger partial charge is 0.139 e. The molecular weight excluding hydrogens is 139 g/mol. The van der Waals surface area contributed by atoms with Gasteiger partial charge < -0.3 is 4.74 Å². The van der Waals surface area contributed by atoms with Crippen molar-refractivity contribution in [2.75, 3.05) is 6.61 Å². The van der Waals surface area contributed by atoms with E-state index in [1.807, 2.05) is 0 Å². The van der Waals surface area contributed by atoms with Gasteiger partial charge in [0, 0.05) is 10.9 Å². The third kappa shape index (κ3) is 0.862.